The first-order valence-electron chi connectivity index (χ1n) is 6.91. The molecule has 0 heterocycles. The SMILES string of the molecule is CCC(C)c1ccc(NCc2cc(Br)ccc2O)cc1. The standard InChI is InChI=1S/C17H20BrNO/c1-3-12(2)13-4-7-16(8-5-13)19-11-14-10-15(18)6-9-17(14)20/h4-10,12,19-20H,3,11H2,1-2H3. The summed E-state index contributed by atoms with van der Waals surface area (Å²) in [5.41, 5.74) is 3.31. The van der Waals surface area contributed by atoms with E-state index in [1.807, 2.05) is 12.1 Å². The van der Waals surface area contributed by atoms with Crippen LogP contribution in [0.1, 0.15) is 37.3 Å². The van der Waals surface area contributed by atoms with Gasteiger partial charge in [-0.15, -0.1) is 0 Å². The molecule has 2 N–H and O–H groups in total. The molecule has 3 heteroatoms. The number of halogens is 1. The lowest BCUT2D eigenvalue weighted by Crippen LogP contribution is -2.00. The molecule has 0 spiro atoms. The van der Waals surface area contributed by atoms with Crippen LogP contribution in [-0.4, -0.2) is 5.11 Å². The van der Waals surface area contributed by atoms with Gasteiger partial charge in [0.1, 0.15) is 5.75 Å². The molecule has 0 saturated heterocycles. The first-order valence-corrected chi connectivity index (χ1v) is 7.70. The van der Waals surface area contributed by atoms with E-state index >= 15 is 0 Å². The maximum absolute atomic E-state index is 9.80. The smallest absolute Gasteiger partial charge is 0.120 e. The number of rotatable bonds is 5. The van der Waals surface area contributed by atoms with E-state index < -0.39 is 0 Å². The number of benzene rings is 2. The summed E-state index contributed by atoms with van der Waals surface area (Å²) in [7, 11) is 0. The maximum atomic E-state index is 9.80. The summed E-state index contributed by atoms with van der Waals surface area (Å²) in [6.07, 6.45) is 1.15. The van der Waals surface area contributed by atoms with Gasteiger partial charge in [0.2, 0.25) is 0 Å². The lowest BCUT2D eigenvalue weighted by Gasteiger charge is -2.12. The summed E-state index contributed by atoms with van der Waals surface area (Å²) in [4.78, 5) is 0. The van der Waals surface area contributed by atoms with Crippen molar-refractivity contribution in [3.63, 3.8) is 0 Å². The van der Waals surface area contributed by atoms with Crippen molar-refractivity contribution in [2.24, 2.45) is 0 Å². The number of phenolic OH excluding ortho intramolecular Hbond substituents is 1. The van der Waals surface area contributed by atoms with E-state index in [2.05, 4.69) is 59.4 Å². The van der Waals surface area contributed by atoms with Gasteiger partial charge < -0.3 is 10.4 Å². The highest BCUT2D eigenvalue weighted by atomic mass is 79.9. The molecule has 0 saturated carbocycles. The van der Waals surface area contributed by atoms with Crippen LogP contribution in [0.5, 0.6) is 5.75 Å². The Hall–Kier alpha value is -1.48. The highest BCUT2D eigenvalue weighted by molar-refractivity contribution is 9.10. The van der Waals surface area contributed by atoms with Crippen LogP contribution in [0.25, 0.3) is 0 Å². The van der Waals surface area contributed by atoms with Crippen LogP contribution in [-0.2, 0) is 6.54 Å². The minimum absolute atomic E-state index is 0.317. The molecule has 2 nitrogen and oxygen atoms in total. The third kappa shape index (κ3) is 3.76. The molecule has 0 fully saturated rings. The van der Waals surface area contributed by atoms with E-state index in [-0.39, 0.29) is 0 Å². The van der Waals surface area contributed by atoms with Crippen LogP contribution in [0.2, 0.25) is 0 Å². The monoisotopic (exact) mass is 333 g/mol. The molecular formula is C17H20BrNO. The van der Waals surface area contributed by atoms with Crippen molar-refractivity contribution in [3.05, 3.63) is 58.1 Å². The first-order chi connectivity index (χ1) is 9.60. The fourth-order valence-corrected chi connectivity index (χ4v) is 2.47. The molecule has 1 atom stereocenters. The van der Waals surface area contributed by atoms with Crippen LogP contribution >= 0.6 is 15.9 Å². The first kappa shape index (κ1) is 14.9. The van der Waals surface area contributed by atoms with Crippen LogP contribution in [0.4, 0.5) is 5.69 Å². The van der Waals surface area contributed by atoms with Gasteiger partial charge in [-0.2, -0.15) is 0 Å². The summed E-state index contributed by atoms with van der Waals surface area (Å²) in [5.74, 6) is 0.912. The van der Waals surface area contributed by atoms with Gasteiger partial charge in [0.25, 0.3) is 0 Å². The van der Waals surface area contributed by atoms with E-state index in [4.69, 9.17) is 0 Å². The third-order valence-electron chi connectivity index (χ3n) is 3.62. The molecule has 0 aromatic heterocycles. The highest BCUT2D eigenvalue weighted by Crippen LogP contribution is 2.24. The zero-order chi connectivity index (χ0) is 14.5. The largest absolute Gasteiger partial charge is 0.508 e. The number of nitrogens with one attached hydrogen (secondary N) is 1. The van der Waals surface area contributed by atoms with Gasteiger partial charge in [-0.25, -0.2) is 0 Å². The van der Waals surface area contributed by atoms with Crippen molar-refractivity contribution < 1.29 is 5.11 Å². The Kier molecular flexibility index (Phi) is 5.07. The highest BCUT2D eigenvalue weighted by Gasteiger charge is 2.04. The lowest BCUT2D eigenvalue weighted by molar-refractivity contribution is 0.469. The van der Waals surface area contributed by atoms with Gasteiger partial charge in [-0.1, -0.05) is 41.9 Å². The van der Waals surface area contributed by atoms with Gasteiger partial charge >= 0.3 is 0 Å². The second-order valence-corrected chi connectivity index (χ2v) is 5.97. The molecule has 0 aliphatic heterocycles. The van der Waals surface area contributed by atoms with Crippen molar-refractivity contribution in [1.82, 2.24) is 0 Å². The molecule has 2 aromatic rings. The maximum Gasteiger partial charge on any atom is 0.120 e. The minimum Gasteiger partial charge on any atom is -0.508 e. The average Bonchev–Trinajstić information content (AvgIpc) is 2.48. The molecule has 2 rings (SSSR count). The Morgan fingerprint density at radius 1 is 1.15 bits per heavy atom. The number of anilines is 1. The Labute approximate surface area is 129 Å². The van der Waals surface area contributed by atoms with Crippen LogP contribution < -0.4 is 5.32 Å². The number of hydrogen-bond donors (Lipinski definition) is 2. The van der Waals surface area contributed by atoms with Crippen molar-refractivity contribution in [1.29, 1.82) is 0 Å². The normalized spacial score (nSPS) is 12.2. The molecular weight excluding hydrogens is 314 g/mol. The van der Waals surface area contributed by atoms with Gasteiger partial charge in [0.05, 0.1) is 0 Å². The molecule has 106 valence electrons. The summed E-state index contributed by atoms with van der Waals surface area (Å²) < 4.78 is 0.971. The molecule has 0 radical (unpaired) electrons. The number of hydrogen-bond acceptors (Lipinski definition) is 2. The Morgan fingerprint density at radius 3 is 2.50 bits per heavy atom. The minimum atomic E-state index is 0.317. The molecule has 0 bridgehead atoms. The average molecular weight is 334 g/mol. The molecule has 0 aliphatic carbocycles. The Balaban J connectivity index is 2.02. The van der Waals surface area contributed by atoms with Gasteiger partial charge in [-0.3, -0.25) is 0 Å². The third-order valence-corrected chi connectivity index (χ3v) is 4.11. The van der Waals surface area contributed by atoms with Crippen molar-refractivity contribution >= 4 is 21.6 Å². The summed E-state index contributed by atoms with van der Waals surface area (Å²) in [5, 5.41) is 13.1. The topological polar surface area (TPSA) is 32.3 Å². The molecule has 2 aromatic carbocycles. The van der Waals surface area contributed by atoms with Crippen LogP contribution in [0.15, 0.2) is 46.9 Å². The molecule has 1 unspecified atom stereocenters. The predicted molar refractivity (Wildman–Crippen MR) is 88.3 cm³/mol. The lowest BCUT2D eigenvalue weighted by atomic mass is 9.98. The molecule has 0 amide bonds. The predicted octanol–water partition coefficient (Wildman–Crippen LogP) is 5.28. The van der Waals surface area contributed by atoms with Crippen LogP contribution in [0.3, 0.4) is 0 Å². The summed E-state index contributed by atoms with van der Waals surface area (Å²) in [6.45, 7) is 5.04. The fourth-order valence-electron chi connectivity index (χ4n) is 2.06. The molecule has 20 heavy (non-hydrogen) atoms. The van der Waals surface area contributed by atoms with Crippen molar-refractivity contribution in [3.8, 4) is 5.75 Å². The van der Waals surface area contributed by atoms with E-state index in [0.29, 0.717) is 18.2 Å². The zero-order valence-corrected chi connectivity index (χ0v) is 13.4. The Bertz CT molecular complexity index is 566. The second kappa shape index (κ2) is 6.80. The fraction of sp³-hybridized carbons (Fsp3) is 0.294. The Morgan fingerprint density at radius 2 is 1.85 bits per heavy atom. The second-order valence-electron chi connectivity index (χ2n) is 5.06. The van der Waals surface area contributed by atoms with E-state index in [1.165, 1.54) is 5.56 Å². The number of aromatic hydroxyl groups is 1. The van der Waals surface area contributed by atoms with Gasteiger partial charge in [0, 0.05) is 22.3 Å². The van der Waals surface area contributed by atoms with Crippen LogP contribution in [0, 0.1) is 0 Å². The zero-order valence-electron chi connectivity index (χ0n) is 11.9. The van der Waals surface area contributed by atoms with Gasteiger partial charge in [-0.05, 0) is 48.2 Å². The molecule has 0 aliphatic rings. The summed E-state index contributed by atoms with van der Waals surface area (Å²) in [6, 6.07) is 14.0. The summed E-state index contributed by atoms with van der Waals surface area (Å²) >= 11 is 3.42. The van der Waals surface area contributed by atoms with E-state index in [0.717, 1.165) is 22.1 Å². The van der Waals surface area contributed by atoms with E-state index in [9.17, 15) is 5.11 Å². The van der Waals surface area contributed by atoms with Crippen molar-refractivity contribution in [2.75, 3.05) is 5.32 Å². The number of phenols is 1. The quantitative estimate of drug-likeness (QED) is 0.780. The van der Waals surface area contributed by atoms with E-state index in [1.54, 1.807) is 6.07 Å². The van der Waals surface area contributed by atoms with Crippen molar-refractivity contribution in [2.45, 2.75) is 32.7 Å². The van der Waals surface area contributed by atoms with Gasteiger partial charge in [0.15, 0.2) is 0 Å².